The van der Waals surface area contributed by atoms with Crippen LogP contribution in [-0.2, 0) is 9.59 Å². The number of ether oxygens (including phenoxy) is 1. The summed E-state index contributed by atoms with van der Waals surface area (Å²) in [6.45, 7) is 5.27. The van der Waals surface area contributed by atoms with Crippen LogP contribution in [0.3, 0.4) is 0 Å². The second-order valence-electron chi connectivity index (χ2n) is 4.50. The van der Waals surface area contributed by atoms with Gasteiger partial charge in [-0.25, -0.2) is 0 Å². The Morgan fingerprint density at radius 2 is 2.10 bits per heavy atom. The van der Waals surface area contributed by atoms with Gasteiger partial charge in [0.05, 0.1) is 0 Å². The summed E-state index contributed by atoms with van der Waals surface area (Å²) in [5.74, 6) is 0.0479. The summed E-state index contributed by atoms with van der Waals surface area (Å²) in [6, 6.07) is 8.38. The molecule has 1 unspecified atom stereocenters. The summed E-state index contributed by atoms with van der Waals surface area (Å²) in [4.78, 5) is 24.9. The van der Waals surface area contributed by atoms with Gasteiger partial charge in [0.15, 0.2) is 6.61 Å². The van der Waals surface area contributed by atoms with Gasteiger partial charge in [0.2, 0.25) is 0 Å². The van der Waals surface area contributed by atoms with Crippen LogP contribution in [0.2, 0.25) is 0 Å². The standard InChI is InChI=1S/C14H16N2O3S/c1-9(2)16-13(18)12(14(16)20)15-11(17)8-19-10-6-4-3-5-7-10/h3-7,12,14,20H,1,8H2,2H3,(H,15,17)/t12?,14-/m1/s1. The van der Waals surface area contributed by atoms with E-state index in [4.69, 9.17) is 4.74 Å². The van der Waals surface area contributed by atoms with Crippen molar-refractivity contribution in [1.29, 1.82) is 0 Å². The van der Waals surface area contributed by atoms with E-state index in [9.17, 15) is 9.59 Å². The minimum atomic E-state index is -0.623. The maximum Gasteiger partial charge on any atom is 0.258 e. The number of allylic oxidation sites excluding steroid dienone is 1. The Bertz CT molecular complexity index is 532. The van der Waals surface area contributed by atoms with Crippen molar-refractivity contribution < 1.29 is 14.3 Å². The lowest BCUT2D eigenvalue weighted by atomic mass is 10.1. The molecule has 2 atom stereocenters. The number of amides is 2. The van der Waals surface area contributed by atoms with Crippen LogP contribution in [-0.4, -0.2) is 34.7 Å². The molecule has 1 heterocycles. The van der Waals surface area contributed by atoms with Gasteiger partial charge in [-0.1, -0.05) is 24.8 Å². The Hall–Kier alpha value is -1.95. The first kappa shape index (κ1) is 14.5. The van der Waals surface area contributed by atoms with Gasteiger partial charge in [-0.15, -0.1) is 0 Å². The summed E-state index contributed by atoms with van der Waals surface area (Å²) < 4.78 is 5.30. The molecule has 0 saturated carbocycles. The Labute approximate surface area is 123 Å². The number of thiol groups is 1. The van der Waals surface area contributed by atoms with E-state index in [0.29, 0.717) is 11.4 Å². The minimum absolute atomic E-state index is 0.138. The van der Waals surface area contributed by atoms with Crippen LogP contribution in [0.15, 0.2) is 42.6 Å². The molecule has 0 radical (unpaired) electrons. The highest BCUT2D eigenvalue weighted by Gasteiger charge is 2.46. The monoisotopic (exact) mass is 292 g/mol. The van der Waals surface area contributed by atoms with Crippen molar-refractivity contribution in [2.75, 3.05) is 6.61 Å². The van der Waals surface area contributed by atoms with E-state index in [1.165, 1.54) is 4.90 Å². The molecule has 1 N–H and O–H groups in total. The second-order valence-corrected chi connectivity index (χ2v) is 5.03. The fourth-order valence-electron chi connectivity index (χ4n) is 1.91. The molecule has 1 aromatic carbocycles. The molecule has 2 amide bonds. The molecule has 5 nitrogen and oxygen atoms in total. The Kier molecular flexibility index (Phi) is 4.34. The van der Waals surface area contributed by atoms with Crippen LogP contribution >= 0.6 is 12.6 Å². The van der Waals surface area contributed by atoms with E-state index >= 15 is 0 Å². The third-order valence-electron chi connectivity index (χ3n) is 2.91. The van der Waals surface area contributed by atoms with Gasteiger partial charge >= 0.3 is 0 Å². The molecule has 106 valence electrons. The normalized spacial score (nSPS) is 21.1. The Morgan fingerprint density at radius 1 is 1.45 bits per heavy atom. The number of nitrogens with one attached hydrogen (secondary N) is 1. The third-order valence-corrected chi connectivity index (χ3v) is 3.44. The predicted molar refractivity (Wildman–Crippen MR) is 78.3 cm³/mol. The first-order valence-corrected chi connectivity index (χ1v) is 6.66. The van der Waals surface area contributed by atoms with Gasteiger partial charge in [-0.3, -0.25) is 9.59 Å². The summed E-state index contributed by atoms with van der Waals surface area (Å²) in [5.41, 5.74) is 0.612. The molecule has 1 aliphatic heterocycles. The number of hydrogen-bond donors (Lipinski definition) is 2. The quantitative estimate of drug-likeness (QED) is 0.633. The highest BCUT2D eigenvalue weighted by atomic mass is 32.1. The second kappa shape index (κ2) is 6.00. The molecule has 0 aliphatic carbocycles. The number of β-lactam (4-membered cyclic amide) rings is 1. The molecule has 0 spiro atoms. The third kappa shape index (κ3) is 2.96. The lowest BCUT2D eigenvalue weighted by Gasteiger charge is -2.44. The minimum Gasteiger partial charge on any atom is -0.484 e. The topological polar surface area (TPSA) is 58.6 Å². The van der Waals surface area contributed by atoms with Gasteiger partial charge in [0, 0.05) is 5.70 Å². The van der Waals surface area contributed by atoms with Gasteiger partial charge in [-0.2, -0.15) is 12.6 Å². The van der Waals surface area contributed by atoms with Crippen LogP contribution < -0.4 is 10.1 Å². The van der Waals surface area contributed by atoms with E-state index in [2.05, 4.69) is 24.5 Å². The molecular formula is C14H16N2O3S. The van der Waals surface area contributed by atoms with Crippen molar-refractivity contribution in [3.63, 3.8) is 0 Å². The number of rotatable bonds is 5. The van der Waals surface area contributed by atoms with Crippen molar-refractivity contribution in [2.45, 2.75) is 18.3 Å². The van der Waals surface area contributed by atoms with Crippen molar-refractivity contribution in [3.05, 3.63) is 42.6 Å². The predicted octanol–water partition coefficient (Wildman–Crippen LogP) is 1.18. The lowest BCUT2D eigenvalue weighted by Crippen LogP contribution is -2.68. The van der Waals surface area contributed by atoms with Crippen LogP contribution in [0.25, 0.3) is 0 Å². The molecule has 0 aromatic heterocycles. The average Bonchev–Trinajstić information content (AvgIpc) is 2.43. The summed E-state index contributed by atoms with van der Waals surface area (Å²) in [5, 5.41) is 2.22. The Balaban J connectivity index is 1.81. The van der Waals surface area contributed by atoms with Gasteiger partial charge in [0.1, 0.15) is 17.2 Å². The largest absolute Gasteiger partial charge is 0.484 e. The molecule has 1 aliphatic rings. The molecule has 20 heavy (non-hydrogen) atoms. The van der Waals surface area contributed by atoms with Crippen LogP contribution in [0.4, 0.5) is 0 Å². The fraction of sp³-hybridized carbons (Fsp3) is 0.286. The number of nitrogens with zero attached hydrogens (tertiary/aromatic N) is 1. The zero-order chi connectivity index (χ0) is 14.7. The summed E-state index contributed by atoms with van der Waals surface area (Å²) >= 11 is 4.27. The maximum atomic E-state index is 11.8. The molecule has 1 aromatic rings. The van der Waals surface area contributed by atoms with E-state index < -0.39 is 6.04 Å². The molecule has 2 rings (SSSR count). The van der Waals surface area contributed by atoms with Crippen LogP contribution in [0.1, 0.15) is 6.92 Å². The summed E-state index contributed by atoms with van der Waals surface area (Å²) in [6.07, 6.45) is 0. The number of benzene rings is 1. The molecular weight excluding hydrogens is 276 g/mol. The highest BCUT2D eigenvalue weighted by Crippen LogP contribution is 2.26. The fourth-order valence-corrected chi connectivity index (χ4v) is 2.42. The number of hydrogen-bond acceptors (Lipinski definition) is 4. The smallest absolute Gasteiger partial charge is 0.258 e. The molecule has 6 heteroatoms. The zero-order valence-corrected chi connectivity index (χ0v) is 12.0. The van der Waals surface area contributed by atoms with E-state index in [1.807, 2.05) is 18.2 Å². The molecule has 0 bridgehead atoms. The van der Waals surface area contributed by atoms with Crippen LogP contribution in [0.5, 0.6) is 5.75 Å². The number of para-hydroxylation sites is 1. The van der Waals surface area contributed by atoms with Crippen molar-refractivity contribution in [1.82, 2.24) is 10.2 Å². The lowest BCUT2D eigenvalue weighted by molar-refractivity contribution is -0.145. The maximum absolute atomic E-state index is 11.8. The van der Waals surface area contributed by atoms with E-state index in [-0.39, 0.29) is 23.8 Å². The van der Waals surface area contributed by atoms with E-state index in [1.54, 1.807) is 19.1 Å². The summed E-state index contributed by atoms with van der Waals surface area (Å²) in [7, 11) is 0. The SMILES string of the molecule is C=C(C)N1C(=O)C(NC(=O)COc2ccccc2)[C@H]1S. The zero-order valence-electron chi connectivity index (χ0n) is 11.1. The number of carbonyl (C=O) groups is 2. The molecule has 1 saturated heterocycles. The highest BCUT2D eigenvalue weighted by molar-refractivity contribution is 7.81. The first-order chi connectivity index (χ1) is 9.50. The van der Waals surface area contributed by atoms with Crippen molar-refractivity contribution in [2.24, 2.45) is 0 Å². The Morgan fingerprint density at radius 3 is 2.65 bits per heavy atom. The average molecular weight is 292 g/mol. The van der Waals surface area contributed by atoms with Crippen molar-refractivity contribution >= 4 is 24.4 Å². The van der Waals surface area contributed by atoms with Gasteiger partial charge < -0.3 is 15.0 Å². The van der Waals surface area contributed by atoms with Crippen LogP contribution in [0, 0.1) is 0 Å². The molecule has 1 fully saturated rings. The van der Waals surface area contributed by atoms with Gasteiger partial charge in [0.25, 0.3) is 11.8 Å². The van der Waals surface area contributed by atoms with Crippen molar-refractivity contribution in [3.8, 4) is 5.75 Å². The van der Waals surface area contributed by atoms with E-state index in [0.717, 1.165) is 0 Å². The van der Waals surface area contributed by atoms with Gasteiger partial charge in [-0.05, 0) is 19.1 Å². The first-order valence-electron chi connectivity index (χ1n) is 6.14. The number of carbonyl (C=O) groups excluding carboxylic acids is 2. The number of likely N-dealkylation sites (tertiary alicyclic amines) is 1.